The topological polar surface area (TPSA) is 85.8 Å². The van der Waals surface area contributed by atoms with E-state index in [9.17, 15) is 4.79 Å². The molecule has 23 heavy (non-hydrogen) atoms. The number of nitrogens with one attached hydrogen (secondary N) is 1. The first-order valence-electron chi connectivity index (χ1n) is 7.08. The van der Waals surface area contributed by atoms with Gasteiger partial charge >= 0.3 is 0 Å². The van der Waals surface area contributed by atoms with Gasteiger partial charge in [-0.3, -0.25) is 4.79 Å². The van der Waals surface area contributed by atoms with E-state index in [0.717, 1.165) is 15.7 Å². The highest BCUT2D eigenvalue weighted by Crippen LogP contribution is 2.25. The molecule has 0 aliphatic carbocycles. The molecule has 2 aromatic rings. The zero-order chi connectivity index (χ0) is 17.2. The first-order chi connectivity index (χ1) is 10.7. The van der Waals surface area contributed by atoms with Crippen LogP contribution in [0.5, 0.6) is 0 Å². The summed E-state index contributed by atoms with van der Waals surface area (Å²) in [5, 5.41) is 11.5. The van der Waals surface area contributed by atoms with E-state index in [1.54, 1.807) is 0 Å². The zero-order valence-corrected chi connectivity index (χ0v) is 16.0. The largest absolute Gasteiger partial charge is 0.336 e. The fourth-order valence-corrected chi connectivity index (χ4v) is 3.17. The van der Waals surface area contributed by atoms with Crippen LogP contribution in [0.1, 0.15) is 32.2 Å². The summed E-state index contributed by atoms with van der Waals surface area (Å²) in [7, 11) is 0. The SMILES string of the molecule is Cc1ccc(NC(=O)CSc2nnc(C(C)(C)C)n2N)c(Br)c1. The molecular formula is C15H20BrN5OS. The molecule has 0 atom stereocenters. The number of benzene rings is 1. The fourth-order valence-electron chi connectivity index (χ4n) is 1.92. The highest BCUT2D eigenvalue weighted by molar-refractivity contribution is 9.10. The Bertz CT molecular complexity index is 723. The molecule has 0 radical (unpaired) electrons. The molecule has 8 heteroatoms. The van der Waals surface area contributed by atoms with Crippen molar-refractivity contribution in [3.05, 3.63) is 34.1 Å². The Labute approximate surface area is 148 Å². The van der Waals surface area contributed by atoms with Crippen molar-refractivity contribution in [1.29, 1.82) is 0 Å². The molecule has 2 rings (SSSR count). The molecular weight excluding hydrogens is 378 g/mol. The Morgan fingerprint density at radius 3 is 2.65 bits per heavy atom. The molecule has 0 saturated carbocycles. The third-order valence-electron chi connectivity index (χ3n) is 3.07. The van der Waals surface area contributed by atoms with E-state index < -0.39 is 0 Å². The van der Waals surface area contributed by atoms with Gasteiger partial charge in [-0.2, -0.15) is 0 Å². The predicted octanol–water partition coefficient (Wildman–Crippen LogP) is 3.09. The predicted molar refractivity (Wildman–Crippen MR) is 97.1 cm³/mol. The van der Waals surface area contributed by atoms with E-state index in [1.807, 2.05) is 45.9 Å². The number of carbonyl (C=O) groups is 1. The minimum atomic E-state index is -0.199. The molecule has 3 N–H and O–H groups in total. The lowest BCUT2D eigenvalue weighted by Gasteiger charge is -2.16. The maximum Gasteiger partial charge on any atom is 0.234 e. The maximum absolute atomic E-state index is 12.1. The Kier molecular flexibility index (Phi) is 5.36. The summed E-state index contributed by atoms with van der Waals surface area (Å²) in [5.41, 5.74) is 1.66. The van der Waals surface area contributed by atoms with E-state index in [-0.39, 0.29) is 17.1 Å². The summed E-state index contributed by atoms with van der Waals surface area (Å²) >= 11 is 4.70. The second-order valence-electron chi connectivity index (χ2n) is 6.25. The molecule has 1 aromatic carbocycles. The first kappa shape index (κ1) is 17.8. The summed E-state index contributed by atoms with van der Waals surface area (Å²) in [6.07, 6.45) is 0. The molecule has 1 amide bonds. The Morgan fingerprint density at radius 2 is 2.09 bits per heavy atom. The van der Waals surface area contributed by atoms with Crippen LogP contribution in [-0.2, 0) is 10.2 Å². The van der Waals surface area contributed by atoms with Crippen molar-refractivity contribution in [3.8, 4) is 0 Å². The number of hydrogen-bond donors (Lipinski definition) is 2. The lowest BCUT2D eigenvalue weighted by atomic mass is 9.96. The number of rotatable bonds is 4. The van der Waals surface area contributed by atoms with Gasteiger partial charge in [0, 0.05) is 9.89 Å². The maximum atomic E-state index is 12.1. The van der Waals surface area contributed by atoms with Gasteiger partial charge in [0.1, 0.15) is 0 Å². The number of nitrogen functional groups attached to an aromatic ring is 1. The number of aromatic nitrogens is 3. The highest BCUT2D eigenvalue weighted by Gasteiger charge is 2.23. The molecule has 6 nitrogen and oxygen atoms in total. The summed E-state index contributed by atoms with van der Waals surface area (Å²) in [4.78, 5) is 12.1. The van der Waals surface area contributed by atoms with E-state index in [4.69, 9.17) is 5.84 Å². The second-order valence-corrected chi connectivity index (χ2v) is 8.04. The van der Waals surface area contributed by atoms with Crippen molar-refractivity contribution in [2.24, 2.45) is 0 Å². The van der Waals surface area contributed by atoms with E-state index >= 15 is 0 Å². The van der Waals surface area contributed by atoms with Crippen molar-refractivity contribution in [2.45, 2.75) is 38.3 Å². The Morgan fingerprint density at radius 1 is 1.39 bits per heavy atom. The number of hydrogen-bond acceptors (Lipinski definition) is 5. The van der Waals surface area contributed by atoms with Gasteiger partial charge in [0.2, 0.25) is 11.1 Å². The van der Waals surface area contributed by atoms with E-state index in [1.165, 1.54) is 16.4 Å². The highest BCUT2D eigenvalue weighted by atomic mass is 79.9. The average molecular weight is 398 g/mol. The minimum Gasteiger partial charge on any atom is -0.336 e. The van der Waals surface area contributed by atoms with Crippen molar-refractivity contribution in [3.63, 3.8) is 0 Å². The normalized spacial score (nSPS) is 11.5. The number of thioether (sulfide) groups is 1. The average Bonchev–Trinajstić information content (AvgIpc) is 2.81. The van der Waals surface area contributed by atoms with Crippen LogP contribution in [0, 0.1) is 6.92 Å². The fraction of sp³-hybridized carbons (Fsp3) is 0.400. The van der Waals surface area contributed by atoms with Gasteiger partial charge in [-0.05, 0) is 40.5 Å². The van der Waals surface area contributed by atoms with E-state index in [0.29, 0.717) is 11.0 Å². The van der Waals surface area contributed by atoms with Crippen molar-refractivity contribution < 1.29 is 4.79 Å². The second kappa shape index (κ2) is 6.92. The lowest BCUT2D eigenvalue weighted by molar-refractivity contribution is -0.113. The molecule has 0 unspecified atom stereocenters. The zero-order valence-electron chi connectivity index (χ0n) is 13.6. The molecule has 0 saturated heterocycles. The van der Waals surface area contributed by atoms with Gasteiger partial charge in [-0.1, -0.05) is 38.6 Å². The minimum absolute atomic E-state index is 0.125. The number of aryl methyl sites for hydroxylation is 1. The quantitative estimate of drug-likeness (QED) is 0.611. The van der Waals surface area contributed by atoms with Gasteiger partial charge in [0.25, 0.3) is 0 Å². The third kappa shape index (κ3) is 4.48. The molecule has 0 fully saturated rings. The van der Waals surface area contributed by atoms with Crippen LogP contribution in [0.4, 0.5) is 5.69 Å². The van der Waals surface area contributed by atoms with Gasteiger partial charge in [0.15, 0.2) is 5.82 Å². The van der Waals surface area contributed by atoms with E-state index in [2.05, 4.69) is 31.4 Å². The summed E-state index contributed by atoms with van der Waals surface area (Å²) in [6.45, 7) is 8.02. The van der Waals surface area contributed by atoms with Crippen LogP contribution in [0.2, 0.25) is 0 Å². The number of nitrogens with two attached hydrogens (primary N) is 1. The van der Waals surface area contributed by atoms with Crippen LogP contribution in [0.3, 0.4) is 0 Å². The summed E-state index contributed by atoms with van der Waals surface area (Å²) < 4.78 is 2.30. The standard InChI is InChI=1S/C15H20BrN5OS/c1-9-5-6-11(10(16)7-9)18-12(22)8-23-14-20-19-13(21(14)17)15(2,3)4/h5-7H,8,17H2,1-4H3,(H,18,22). The molecule has 1 heterocycles. The van der Waals surface area contributed by atoms with Crippen LogP contribution < -0.4 is 11.2 Å². The number of halogens is 1. The van der Waals surface area contributed by atoms with Crippen LogP contribution in [0.15, 0.2) is 27.8 Å². The Balaban J connectivity index is 1.98. The number of amides is 1. The summed E-state index contributed by atoms with van der Waals surface area (Å²) in [6, 6.07) is 5.76. The molecule has 0 bridgehead atoms. The number of carbonyl (C=O) groups excluding carboxylic acids is 1. The number of nitrogens with zero attached hydrogens (tertiary/aromatic N) is 3. The molecule has 124 valence electrons. The van der Waals surface area contributed by atoms with Gasteiger partial charge in [0.05, 0.1) is 11.4 Å². The van der Waals surface area contributed by atoms with Gasteiger partial charge in [-0.25, -0.2) is 4.68 Å². The van der Waals surface area contributed by atoms with Crippen LogP contribution >= 0.6 is 27.7 Å². The lowest BCUT2D eigenvalue weighted by Crippen LogP contribution is -2.24. The van der Waals surface area contributed by atoms with Crippen molar-refractivity contribution in [1.82, 2.24) is 14.9 Å². The third-order valence-corrected chi connectivity index (χ3v) is 4.67. The Hall–Kier alpha value is -1.54. The summed E-state index contributed by atoms with van der Waals surface area (Å²) in [5.74, 6) is 6.77. The smallest absolute Gasteiger partial charge is 0.234 e. The molecule has 1 aromatic heterocycles. The first-order valence-corrected chi connectivity index (χ1v) is 8.86. The van der Waals surface area contributed by atoms with Crippen LogP contribution in [-0.4, -0.2) is 26.5 Å². The van der Waals surface area contributed by atoms with Crippen molar-refractivity contribution >= 4 is 39.3 Å². The van der Waals surface area contributed by atoms with Crippen molar-refractivity contribution in [2.75, 3.05) is 16.9 Å². The van der Waals surface area contributed by atoms with Gasteiger partial charge in [-0.15, -0.1) is 10.2 Å². The van der Waals surface area contributed by atoms with Crippen LogP contribution in [0.25, 0.3) is 0 Å². The molecule has 0 spiro atoms. The number of anilines is 1. The molecule has 0 aliphatic heterocycles. The van der Waals surface area contributed by atoms with Gasteiger partial charge < -0.3 is 11.2 Å². The molecule has 0 aliphatic rings. The monoisotopic (exact) mass is 397 g/mol.